The predicted molar refractivity (Wildman–Crippen MR) is 71.5 cm³/mol. The summed E-state index contributed by atoms with van der Waals surface area (Å²) in [6.45, 7) is 2.41. The fourth-order valence-corrected chi connectivity index (χ4v) is 2.15. The van der Waals surface area contributed by atoms with Gasteiger partial charge in [0.15, 0.2) is 0 Å². The Morgan fingerprint density at radius 2 is 2.05 bits per heavy atom. The van der Waals surface area contributed by atoms with Gasteiger partial charge in [0.1, 0.15) is 18.3 Å². The molecule has 5 heteroatoms. The molecular weight excluding hydrogens is 240 g/mol. The van der Waals surface area contributed by atoms with E-state index < -0.39 is 0 Å². The third-order valence-corrected chi connectivity index (χ3v) is 3.10. The lowest BCUT2D eigenvalue weighted by Crippen LogP contribution is -2.08. The Morgan fingerprint density at radius 1 is 1.21 bits per heavy atom. The molecule has 0 saturated heterocycles. The van der Waals surface area contributed by atoms with E-state index in [1.54, 1.807) is 6.20 Å². The Kier molecular flexibility index (Phi) is 2.97. The van der Waals surface area contributed by atoms with Gasteiger partial charge in [0.25, 0.3) is 0 Å². The number of hydrogen-bond acceptors (Lipinski definition) is 4. The van der Waals surface area contributed by atoms with Crippen LogP contribution in [0.25, 0.3) is 10.9 Å². The average molecular weight is 254 g/mol. The van der Waals surface area contributed by atoms with Gasteiger partial charge in [-0.1, -0.05) is 18.2 Å². The van der Waals surface area contributed by atoms with Crippen LogP contribution in [0.4, 0.5) is 0 Å². The Hall–Kier alpha value is -2.27. The zero-order valence-electron chi connectivity index (χ0n) is 10.6. The molecule has 2 heterocycles. The minimum atomic E-state index is -0.0838. The Morgan fingerprint density at radius 3 is 2.89 bits per heavy atom. The van der Waals surface area contributed by atoms with Crippen LogP contribution in [0.15, 0.2) is 36.7 Å². The van der Waals surface area contributed by atoms with Crippen molar-refractivity contribution in [2.24, 2.45) is 0 Å². The molecule has 19 heavy (non-hydrogen) atoms. The minimum Gasteiger partial charge on any atom is -0.388 e. The fourth-order valence-electron chi connectivity index (χ4n) is 2.15. The number of fused-ring (bicyclic) bond motifs is 1. The van der Waals surface area contributed by atoms with Crippen molar-refractivity contribution in [3.63, 3.8) is 0 Å². The van der Waals surface area contributed by atoms with Crippen LogP contribution in [0.2, 0.25) is 0 Å². The number of imidazole rings is 1. The van der Waals surface area contributed by atoms with Crippen molar-refractivity contribution in [1.82, 2.24) is 19.5 Å². The van der Waals surface area contributed by atoms with E-state index in [-0.39, 0.29) is 6.61 Å². The number of hydrogen-bond donors (Lipinski definition) is 1. The number of aryl methyl sites for hydroxylation is 1. The van der Waals surface area contributed by atoms with Crippen LogP contribution in [0.5, 0.6) is 0 Å². The summed E-state index contributed by atoms with van der Waals surface area (Å²) in [5, 5.41) is 10.3. The highest BCUT2D eigenvalue weighted by Crippen LogP contribution is 2.15. The largest absolute Gasteiger partial charge is 0.388 e. The first-order valence-corrected chi connectivity index (χ1v) is 6.11. The topological polar surface area (TPSA) is 63.8 Å². The maximum Gasteiger partial charge on any atom is 0.148 e. The van der Waals surface area contributed by atoms with Gasteiger partial charge in [-0.2, -0.15) is 0 Å². The van der Waals surface area contributed by atoms with Gasteiger partial charge < -0.3 is 9.67 Å². The van der Waals surface area contributed by atoms with Crippen LogP contribution in [0.1, 0.15) is 17.3 Å². The van der Waals surface area contributed by atoms with Crippen molar-refractivity contribution in [3.8, 4) is 0 Å². The zero-order valence-corrected chi connectivity index (χ0v) is 10.6. The van der Waals surface area contributed by atoms with E-state index in [2.05, 4.69) is 15.0 Å². The summed E-state index contributed by atoms with van der Waals surface area (Å²) in [6, 6.07) is 7.95. The second-order valence-electron chi connectivity index (χ2n) is 4.37. The van der Waals surface area contributed by atoms with Crippen LogP contribution >= 0.6 is 0 Å². The van der Waals surface area contributed by atoms with Crippen molar-refractivity contribution in [2.45, 2.75) is 20.1 Å². The van der Waals surface area contributed by atoms with Gasteiger partial charge in [-0.25, -0.2) is 15.0 Å². The van der Waals surface area contributed by atoms with Crippen LogP contribution in [-0.2, 0) is 13.2 Å². The van der Waals surface area contributed by atoms with Gasteiger partial charge in [0, 0.05) is 23.5 Å². The summed E-state index contributed by atoms with van der Waals surface area (Å²) < 4.78 is 1.85. The molecule has 0 aliphatic heterocycles. The average Bonchev–Trinajstić information content (AvgIpc) is 2.86. The second kappa shape index (κ2) is 4.78. The van der Waals surface area contributed by atoms with Crippen LogP contribution in [0, 0.1) is 6.92 Å². The number of rotatable bonds is 3. The molecule has 1 N–H and O–H groups in total. The summed E-state index contributed by atoms with van der Waals surface area (Å²) in [6.07, 6.45) is 3.49. The molecule has 0 atom stereocenters. The molecule has 3 rings (SSSR count). The second-order valence-corrected chi connectivity index (χ2v) is 4.37. The van der Waals surface area contributed by atoms with Gasteiger partial charge >= 0.3 is 0 Å². The molecule has 0 unspecified atom stereocenters. The van der Waals surface area contributed by atoms with E-state index in [9.17, 15) is 5.11 Å². The number of benzene rings is 1. The van der Waals surface area contributed by atoms with Gasteiger partial charge in [-0.15, -0.1) is 0 Å². The summed E-state index contributed by atoms with van der Waals surface area (Å²) in [7, 11) is 0. The van der Waals surface area contributed by atoms with E-state index in [0.29, 0.717) is 12.4 Å². The summed E-state index contributed by atoms with van der Waals surface area (Å²) in [5.41, 5.74) is 1.90. The maximum atomic E-state index is 9.19. The Labute approximate surface area is 110 Å². The van der Waals surface area contributed by atoms with Crippen molar-refractivity contribution < 1.29 is 5.11 Å². The van der Waals surface area contributed by atoms with E-state index in [1.807, 2.05) is 42.0 Å². The van der Waals surface area contributed by atoms with Gasteiger partial charge in [0.05, 0.1) is 12.1 Å². The predicted octanol–water partition coefficient (Wildman–Crippen LogP) is 1.68. The van der Waals surface area contributed by atoms with E-state index in [1.165, 1.54) is 0 Å². The molecule has 1 aromatic carbocycles. The smallest absolute Gasteiger partial charge is 0.148 e. The highest BCUT2D eigenvalue weighted by molar-refractivity contribution is 5.80. The highest BCUT2D eigenvalue weighted by Gasteiger charge is 2.07. The molecule has 0 saturated carbocycles. The van der Waals surface area contributed by atoms with Crippen molar-refractivity contribution in [2.75, 3.05) is 0 Å². The number of aromatic nitrogens is 4. The summed E-state index contributed by atoms with van der Waals surface area (Å²) in [5.74, 6) is 1.35. The maximum absolute atomic E-state index is 9.19. The van der Waals surface area contributed by atoms with Crippen molar-refractivity contribution in [1.29, 1.82) is 0 Å². The molecule has 5 nitrogen and oxygen atoms in total. The molecule has 0 aliphatic carbocycles. The van der Waals surface area contributed by atoms with Gasteiger partial charge in [-0.05, 0) is 13.0 Å². The molecule has 0 bridgehead atoms. The van der Waals surface area contributed by atoms with E-state index >= 15 is 0 Å². The summed E-state index contributed by atoms with van der Waals surface area (Å²) in [4.78, 5) is 13.1. The standard InChI is InChI=1S/C14H14N4O/c1-10-11-4-2-3-5-12(11)17-13(16-10)8-18-7-6-15-14(18)9-19/h2-7,19H,8-9H2,1H3. The van der Waals surface area contributed by atoms with Crippen LogP contribution < -0.4 is 0 Å². The normalized spacial score (nSPS) is 11.1. The first kappa shape index (κ1) is 11.8. The molecular formula is C14H14N4O. The third-order valence-electron chi connectivity index (χ3n) is 3.10. The molecule has 0 fully saturated rings. The molecule has 2 aromatic heterocycles. The fraction of sp³-hybridized carbons (Fsp3) is 0.214. The van der Waals surface area contributed by atoms with Gasteiger partial charge in [-0.3, -0.25) is 0 Å². The lowest BCUT2D eigenvalue weighted by molar-refractivity contribution is 0.266. The Bertz CT molecular complexity index is 720. The molecule has 3 aromatic rings. The minimum absolute atomic E-state index is 0.0838. The highest BCUT2D eigenvalue weighted by atomic mass is 16.3. The third kappa shape index (κ3) is 2.20. The number of para-hydroxylation sites is 1. The lowest BCUT2D eigenvalue weighted by atomic mass is 10.2. The van der Waals surface area contributed by atoms with E-state index in [4.69, 9.17) is 0 Å². The quantitative estimate of drug-likeness (QED) is 0.772. The first-order valence-electron chi connectivity index (χ1n) is 6.11. The monoisotopic (exact) mass is 254 g/mol. The van der Waals surface area contributed by atoms with Crippen LogP contribution in [0.3, 0.4) is 0 Å². The van der Waals surface area contributed by atoms with Crippen molar-refractivity contribution >= 4 is 10.9 Å². The lowest BCUT2D eigenvalue weighted by Gasteiger charge is -2.07. The molecule has 96 valence electrons. The van der Waals surface area contributed by atoms with E-state index in [0.717, 1.165) is 22.4 Å². The SMILES string of the molecule is Cc1nc(Cn2ccnc2CO)nc2ccccc12. The number of nitrogens with zero attached hydrogens (tertiary/aromatic N) is 4. The Balaban J connectivity index is 2.02. The van der Waals surface area contributed by atoms with Crippen LogP contribution in [-0.4, -0.2) is 24.6 Å². The first-order chi connectivity index (χ1) is 9.28. The molecule has 0 spiro atoms. The molecule has 0 radical (unpaired) electrons. The van der Waals surface area contributed by atoms with Crippen molar-refractivity contribution in [3.05, 3.63) is 54.0 Å². The number of aliphatic hydroxyl groups excluding tert-OH is 1. The molecule has 0 aliphatic rings. The summed E-state index contributed by atoms with van der Waals surface area (Å²) >= 11 is 0. The van der Waals surface area contributed by atoms with Gasteiger partial charge in [0.2, 0.25) is 0 Å². The number of aliphatic hydroxyl groups is 1. The molecule has 0 amide bonds. The zero-order chi connectivity index (χ0) is 13.2.